The number of halogens is 2. The Morgan fingerprint density at radius 2 is 1.73 bits per heavy atom. The SMILES string of the molecule is COc1ccc(CCNC(=O)c2ccc(COc3ccc(F)cc3F)o2)cc1OC. The second-order valence-electron chi connectivity index (χ2n) is 6.32. The summed E-state index contributed by atoms with van der Waals surface area (Å²) in [4.78, 5) is 12.2. The zero-order chi connectivity index (χ0) is 21.5. The maximum absolute atomic E-state index is 13.6. The van der Waals surface area contributed by atoms with E-state index in [1.165, 1.54) is 12.1 Å². The molecule has 1 amide bonds. The van der Waals surface area contributed by atoms with Gasteiger partial charge in [0.15, 0.2) is 28.8 Å². The molecule has 6 nitrogen and oxygen atoms in total. The first-order valence-corrected chi connectivity index (χ1v) is 9.16. The second kappa shape index (κ2) is 9.78. The molecule has 0 aliphatic heterocycles. The van der Waals surface area contributed by atoms with Gasteiger partial charge in [-0.3, -0.25) is 4.79 Å². The van der Waals surface area contributed by atoms with Crippen molar-refractivity contribution in [3.05, 3.63) is 77.2 Å². The van der Waals surface area contributed by atoms with E-state index in [1.54, 1.807) is 26.4 Å². The lowest BCUT2D eigenvalue weighted by atomic mass is 10.1. The van der Waals surface area contributed by atoms with Gasteiger partial charge in [-0.2, -0.15) is 0 Å². The topological polar surface area (TPSA) is 69.9 Å². The van der Waals surface area contributed by atoms with Crippen molar-refractivity contribution in [1.82, 2.24) is 5.32 Å². The molecule has 1 N–H and O–H groups in total. The highest BCUT2D eigenvalue weighted by Gasteiger charge is 2.13. The minimum absolute atomic E-state index is 0.0958. The largest absolute Gasteiger partial charge is 0.493 e. The molecule has 30 heavy (non-hydrogen) atoms. The highest BCUT2D eigenvalue weighted by atomic mass is 19.1. The Morgan fingerprint density at radius 1 is 0.967 bits per heavy atom. The number of hydrogen-bond donors (Lipinski definition) is 1. The molecule has 0 spiro atoms. The molecule has 0 aliphatic carbocycles. The Labute approximate surface area is 172 Å². The van der Waals surface area contributed by atoms with E-state index in [0.717, 1.165) is 17.7 Å². The maximum Gasteiger partial charge on any atom is 0.287 e. The Kier molecular flexibility index (Phi) is 6.90. The number of methoxy groups -OCH3 is 2. The van der Waals surface area contributed by atoms with Crippen molar-refractivity contribution in [2.75, 3.05) is 20.8 Å². The Balaban J connectivity index is 1.50. The van der Waals surface area contributed by atoms with Gasteiger partial charge >= 0.3 is 0 Å². The number of nitrogens with one attached hydrogen (secondary N) is 1. The number of ether oxygens (including phenoxy) is 3. The van der Waals surface area contributed by atoms with Crippen LogP contribution in [0.5, 0.6) is 17.2 Å². The third-order valence-corrected chi connectivity index (χ3v) is 4.30. The van der Waals surface area contributed by atoms with Crippen molar-refractivity contribution in [1.29, 1.82) is 0 Å². The Morgan fingerprint density at radius 3 is 2.47 bits per heavy atom. The van der Waals surface area contributed by atoms with Crippen LogP contribution in [0.25, 0.3) is 0 Å². The standard InChI is InChI=1S/C22H21F2NO5/c1-27-19-6-3-14(11-21(19)28-2)9-10-25-22(26)20-8-5-16(30-20)13-29-18-7-4-15(23)12-17(18)24/h3-8,11-12H,9-10,13H2,1-2H3,(H,25,26). The number of amides is 1. The van der Waals surface area contributed by atoms with Crippen LogP contribution in [0.1, 0.15) is 21.9 Å². The van der Waals surface area contributed by atoms with Gasteiger partial charge in [-0.05, 0) is 48.4 Å². The lowest BCUT2D eigenvalue weighted by Gasteiger charge is -2.10. The predicted molar refractivity (Wildman–Crippen MR) is 105 cm³/mol. The van der Waals surface area contributed by atoms with Crippen LogP contribution < -0.4 is 19.5 Å². The molecule has 158 valence electrons. The monoisotopic (exact) mass is 417 g/mol. The van der Waals surface area contributed by atoms with Crippen molar-refractivity contribution in [2.45, 2.75) is 13.0 Å². The molecule has 0 radical (unpaired) electrons. The van der Waals surface area contributed by atoms with Crippen LogP contribution >= 0.6 is 0 Å². The average Bonchev–Trinajstić information content (AvgIpc) is 3.22. The lowest BCUT2D eigenvalue weighted by molar-refractivity contribution is 0.0922. The van der Waals surface area contributed by atoms with Crippen LogP contribution in [-0.4, -0.2) is 26.7 Å². The van der Waals surface area contributed by atoms with Gasteiger partial charge in [0.05, 0.1) is 14.2 Å². The van der Waals surface area contributed by atoms with Crippen LogP contribution in [0.2, 0.25) is 0 Å². The molecule has 3 aromatic rings. The number of hydrogen-bond acceptors (Lipinski definition) is 5. The summed E-state index contributed by atoms with van der Waals surface area (Å²) in [7, 11) is 3.13. The van der Waals surface area contributed by atoms with Crippen molar-refractivity contribution in [2.24, 2.45) is 0 Å². The summed E-state index contributed by atoms with van der Waals surface area (Å²) in [5, 5.41) is 2.77. The molecule has 0 unspecified atom stereocenters. The van der Waals surface area contributed by atoms with Crippen molar-refractivity contribution >= 4 is 5.91 Å². The van der Waals surface area contributed by atoms with Crippen molar-refractivity contribution < 1.29 is 32.2 Å². The first-order valence-electron chi connectivity index (χ1n) is 9.16. The summed E-state index contributed by atoms with van der Waals surface area (Å²) in [5.41, 5.74) is 0.975. The van der Waals surface area contributed by atoms with E-state index < -0.39 is 11.6 Å². The summed E-state index contributed by atoms with van der Waals surface area (Å²) in [5.74, 6) is -0.280. The quantitative estimate of drug-likeness (QED) is 0.567. The fourth-order valence-electron chi connectivity index (χ4n) is 2.76. The van der Waals surface area contributed by atoms with Crippen molar-refractivity contribution in [3.8, 4) is 17.2 Å². The lowest BCUT2D eigenvalue weighted by Crippen LogP contribution is -2.25. The van der Waals surface area contributed by atoms with Gasteiger partial charge < -0.3 is 23.9 Å². The summed E-state index contributed by atoms with van der Waals surface area (Å²) in [6, 6.07) is 11.6. The average molecular weight is 417 g/mol. The molecular weight excluding hydrogens is 396 g/mol. The fourth-order valence-corrected chi connectivity index (χ4v) is 2.76. The van der Waals surface area contributed by atoms with Gasteiger partial charge in [-0.25, -0.2) is 8.78 Å². The molecule has 0 fully saturated rings. The van der Waals surface area contributed by atoms with Crippen LogP contribution in [0.4, 0.5) is 8.78 Å². The van der Waals surface area contributed by atoms with E-state index in [4.69, 9.17) is 18.6 Å². The minimum atomic E-state index is -0.810. The molecule has 0 atom stereocenters. The highest BCUT2D eigenvalue weighted by Crippen LogP contribution is 2.27. The third-order valence-electron chi connectivity index (χ3n) is 4.30. The van der Waals surface area contributed by atoms with Gasteiger partial charge in [0.2, 0.25) is 0 Å². The maximum atomic E-state index is 13.6. The zero-order valence-corrected chi connectivity index (χ0v) is 16.5. The number of furan rings is 1. The van der Waals surface area contributed by atoms with Gasteiger partial charge in [-0.1, -0.05) is 6.07 Å². The van der Waals surface area contributed by atoms with Crippen LogP contribution in [-0.2, 0) is 13.0 Å². The van der Waals surface area contributed by atoms with E-state index in [0.29, 0.717) is 30.2 Å². The molecule has 2 aromatic carbocycles. The smallest absolute Gasteiger partial charge is 0.287 e. The number of carbonyl (C=O) groups is 1. The van der Waals surface area contributed by atoms with Crippen LogP contribution in [0, 0.1) is 11.6 Å². The third kappa shape index (κ3) is 5.28. The normalized spacial score (nSPS) is 10.5. The van der Waals surface area contributed by atoms with E-state index in [9.17, 15) is 13.6 Å². The summed E-state index contributed by atoms with van der Waals surface area (Å²) in [6.07, 6.45) is 0.590. The Bertz CT molecular complexity index is 1020. The van der Waals surface area contributed by atoms with Crippen LogP contribution in [0.3, 0.4) is 0 Å². The molecule has 1 aromatic heterocycles. The van der Waals surface area contributed by atoms with Gasteiger partial charge in [0.25, 0.3) is 5.91 Å². The first kappa shape index (κ1) is 21.2. The number of benzene rings is 2. The van der Waals surface area contributed by atoms with E-state index in [1.807, 2.05) is 12.1 Å². The summed E-state index contributed by atoms with van der Waals surface area (Å²) in [6.45, 7) is 0.295. The Hall–Kier alpha value is -3.55. The van der Waals surface area contributed by atoms with E-state index in [-0.39, 0.29) is 24.0 Å². The van der Waals surface area contributed by atoms with Crippen molar-refractivity contribution in [3.63, 3.8) is 0 Å². The molecular formula is C22H21F2NO5. The highest BCUT2D eigenvalue weighted by molar-refractivity contribution is 5.91. The molecule has 1 heterocycles. The number of rotatable bonds is 9. The molecule has 0 bridgehead atoms. The first-order chi connectivity index (χ1) is 14.5. The van der Waals surface area contributed by atoms with Gasteiger partial charge in [0, 0.05) is 12.6 Å². The number of carbonyl (C=O) groups excluding carboxylic acids is 1. The zero-order valence-electron chi connectivity index (χ0n) is 16.5. The van der Waals surface area contributed by atoms with Gasteiger partial charge in [0.1, 0.15) is 18.2 Å². The molecule has 0 aliphatic rings. The molecule has 0 saturated heterocycles. The van der Waals surface area contributed by atoms with Crippen LogP contribution in [0.15, 0.2) is 52.9 Å². The molecule has 8 heteroatoms. The molecule has 3 rings (SSSR count). The van der Waals surface area contributed by atoms with Gasteiger partial charge in [-0.15, -0.1) is 0 Å². The van der Waals surface area contributed by atoms with E-state index in [2.05, 4.69) is 5.32 Å². The summed E-state index contributed by atoms with van der Waals surface area (Å²) >= 11 is 0. The fraction of sp³-hybridized carbons (Fsp3) is 0.227. The minimum Gasteiger partial charge on any atom is -0.493 e. The van der Waals surface area contributed by atoms with E-state index >= 15 is 0 Å². The second-order valence-corrected chi connectivity index (χ2v) is 6.32. The predicted octanol–water partition coefficient (Wildman–Crippen LogP) is 4.13. The molecule has 0 saturated carbocycles. The summed E-state index contributed by atoms with van der Waals surface area (Å²) < 4.78 is 47.7.